The monoisotopic (exact) mass is 180 g/mol. The molecular weight excluding hydrogens is 164 g/mol. The highest BCUT2D eigenvalue weighted by Gasteiger charge is 2.33. The molecular formula is C9H16N4. The number of hydrogen-bond donors (Lipinski definition) is 1. The van der Waals surface area contributed by atoms with Crippen LogP contribution in [0.15, 0.2) is 6.20 Å². The van der Waals surface area contributed by atoms with Crippen LogP contribution in [0.2, 0.25) is 0 Å². The van der Waals surface area contributed by atoms with E-state index >= 15 is 0 Å². The van der Waals surface area contributed by atoms with Gasteiger partial charge in [-0.15, -0.1) is 5.10 Å². The minimum Gasteiger partial charge on any atom is -0.330 e. The first kappa shape index (κ1) is 8.69. The van der Waals surface area contributed by atoms with Gasteiger partial charge < -0.3 is 5.73 Å². The minimum atomic E-state index is 0.611. The van der Waals surface area contributed by atoms with Gasteiger partial charge in [-0.3, -0.25) is 0 Å². The molecule has 0 amide bonds. The normalized spacial score (nSPS) is 27.2. The number of rotatable bonds is 3. The van der Waals surface area contributed by atoms with E-state index in [-0.39, 0.29) is 0 Å². The van der Waals surface area contributed by atoms with Gasteiger partial charge in [0.1, 0.15) is 0 Å². The summed E-state index contributed by atoms with van der Waals surface area (Å²) in [5, 5.41) is 7.97. The van der Waals surface area contributed by atoms with Gasteiger partial charge in [-0.1, -0.05) is 5.21 Å². The van der Waals surface area contributed by atoms with Crippen LogP contribution >= 0.6 is 0 Å². The van der Waals surface area contributed by atoms with Crippen molar-refractivity contribution in [1.29, 1.82) is 0 Å². The van der Waals surface area contributed by atoms with Gasteiger partial charge in [0, 0.05) is 12.5 Å². The fraction of sp³-hybridized carbons (Fsp3) is 0.778. The van der Waals surface area contributed by atoms with Gasteiger partial charge in [-0.25, -0.2) is 4.68 Å². The van der Waals surface area contributed by atoms with Crippen molar-refractivity contribution in [1.82, 2.24) is 15.0 Å². The topological polar surface area (TPSA) is 56.7 Å². The van der Waals surface area contributed by atoms with Gasteiger partial charge in [0.25, 0.3) is 0 Å². The molecule has 0 bridgehead atoms. The Hall–Kier alpha value is -0.900. The summed E-state index contributed by atoms with van der Waals surface area (Å²) in [5.41, 5.74) is 6.94. The quantitative estimate of drug-likeness (QED) is 0.746. The van der Waals surface area contributed by atoms with E-state index in [4.69, 9.17) is 5.73 Å². The summed E-state index contributed by atoms with van der Waals surface area (Å²) in [7, 11) is 0. The summed E-state index contributed by atoms with van der Waals surface area (Å²) < 4.78 is 1.98. The second kappa shape index (κ2) is 3.46. The Kier molecular flexibility index (Phi) is 2.31. The number of aryl methyl sites for hydroxylation is 1. The largest absolute Gasteiger partial charge is 0.330 e. The summed E-state index contributed by atoms with van der Waals surface area (Å²) in [6, 6.07) is 0. The van der Waals surface area contributed by atoms with Crippen LogP contribution in [0.25, 0.3) is 0 Å². The molecule has 2 unspecified atom stereocenters. The van der Waals surface area contributed by atoms with Crippen molar-refractivity contribution in [3.05, 3.63) is 11.9 Å². The Labute approximate surface area is 78.1 Å². The zero-order valence-electron chi connectivity index (χ0n) is 7.98. The molecule has 0 spiro atoms. The van der Waals surface area contributed by atoms with Crippen molar-refractivity contribution in [3.8, 4) is 0 Å². The third kappa shape index (κ3) is 1.35. The van der Waals surface area contributed by atoms with E-state index in [0.29, 0.717) is 11.8 Å². The average molecular weight is 180 g/mol. The highest BCUT2D eigenvalue weighted by molar-refractivity contribution is 5.10. The summed E-state index contributed by atoms with van der Waals surface area (Å²) in [6.45, 7) is 3.79. The fourth-order valence-corrected chi connectivity index (χ4v) is 2.04. The van der Waals surface area contributed by atoms with E-state index in [1.165, 1.54) is 18.5 Å². The minimum absolute atomic E-state index is 0.611. The molecule has 2 N–H and O–H groups in total. The van der Waals surface area contributed by atoms with Crippen LogP contribution in [0, 0.1) is 5.92 Å². The van der Waals surface area contributed by atoms with Gasteiger partial charge >= 0.3 is 0 Å². The smallest absolute Gasteiger partial charge is 0.0728 e. The third-order valence-corrected chi connectivity index (χ3v) is 3.05. The predicted octanol–water partition coefficient (Wildman–Crippen LogP) is 0.750. The molecule has 1 saturated carbocycles. The zero-order chi connectivity index (χ0) is 9.26. The zero-order valence-corrected chi connectivity index (χ0v) is 7.98. The molecule has 1 fully saturated rings. The second-order valence-electron chi connectivity index (χ2n) is 3.65. The lowest BCUT2D eigenvalue weighted by molar-refractivity contribution is 0.250. The Balaban J connectivity index is 2.15. The summed E-state index contributed by atoms with van der Waals surface area (Å²) >= 11 is 0. The van der Waals surface area contributed by atoms with Crippen molar-refractivity contribution < 1.29 is 0 Å². The van der Waals surface area contributed by atoms with Crippen molar-refractivity contribution in [3.63, 3.8) is 0 Å². The highest BCUT2D eigenvalue weighted by atomic mass is 15.4. The molecule has 2 rings (SSSR count). The first-order valence-corrected chi connectivity index (χ1v) is 4.95. The number of aromatic nitrogens is 3. The molecule has 1 heterocycles. The Morgan fingerprint density at radius 3 is 3.00 bits per heavy atom. The van der Waals surface area contributed by atoms with Gasteiger partial charge in [-0.2, -0.15) is 0 Å². The molecule has 72 valence electrons. The molecule has 4 nitrogen and oxygen atoms in total. The maximum atomic E-state index is 5.67. The van der Waals surface area contributed by atoms with Gasteiger partial charge in [0.2, 0.25) is 0 Å². The molecule has 1 aromatic heterocycles. The Morgan fingerprint density at radius 1 is 1.62 bits per heavy atom. The summed E-state index contributed by atoms with van der Waals surface area (Å²) in [6.07, 6.45) is 4.39. The van der Waals surface area contributed by atoms with Gasteiger partial charge in [0.15, 0.2) is 0 Å². The van der Waals surface area contributed by atoms with Gasteiger partial charge in [0.05, 0.1) is 11.9 Å². The van der Waals surface area contributed by atoms with Crippen molar-refractivity contribution >= 4 is 0 Å². The van der Waals surface area contributed by atoms with Crippen molar-refractivity contribution in [2.24, 2.45) is 11.7 Å². The number of hydrogen-bond acceptors (Lipinski definition) is 3. The molecule has 2 atom stereocenters. The molecule has 13 heavy (non-hydrogen) atoms. The summed E-state index contributed by atoms with van der Waals surface area (Å²) in [5.74, 6) is 1.27. The molecule has 1 aliphatic rings. The average Bonchev–Trinajstić information content (AvgIpc) is 2.51. The highest BCUT2D eigenvalue weighted by Crippen LogP contribution is 2.41. The molecule has 0 aliphatic heterocycles. The molecule has 0 radical (unpaired) electrons. The standard InChI is InChI=1S/C9H16N4/c1-2-13-9(6-11-12-13)8-4-3-7(8)5-10/h6-8H,2-5,10H2,1H3. The van der Waals surface area contributed by atoms with Crippen LogP contribution in [0.4, 0.5) is 0 Å². The predicted molar refractivity (Wildman–Crippen MR) is 50.2 cm³/mol. The summed E-state index contributed by atoms with van der Waals surface area (Å²) in [4.78, 5) is 0. The molecule has 0 saturated heterocycles. The lowest BCUT2D eigenvalue weighted by Crippen LogP contribution is -2.32. The number of nitrogens with two attached hydrogens (primary N) is 1. The van der Waals surface area contributed by atoms with Crippen LogP contribution in [0.5, 0.6) is 0 Å². The first-order chi connectivity index (χ1) is 6.36. The third-order valence-electron chi connectivity index (χ3n) is 3.05. The lowest BCUT2D eigenvalue weighted by atomic mass is 9.72. The van der Waals surface area contributed by atoms with Crippen LogP contribution in [-0.4, -0.2) is 21.5 Å². The molecule has 4 heteroatoms. The second-order valence-corrected chi connectivity index (χ2v) is 3.65. The maximum absolute atomic E-state index is 5.67. The number of nitrogens with zero attached hydrogens (tertiary/aromatic N) is 3. The fourth-order valence-electron chi connectivity index (χ4n) is 2.04. The Bertz CT molecular complexity index is 279. The van der Waals surface area contributed by atoms with Crippen LogP contribution in [0.1, 0.15) is 31.4 Å². The van der Waals surface area contributed by atoms with E-state index in [2.05, 4.69) is 17.2 Å². The van der Waals surface area contributed by atoms with Gasteiger partial charge in [-0.05, 0) is 32.2 Å². The maximum Gasteiger partial charge on any atom is 0.0728 e. The van der Waals surface area contributed by atoms with E-state index in [9.17, 15) is 0 Å². The molecule has 0 aromatic carbocycles. The van der Waals surface area contributed by atoms with E-state index < -0.39 is 0 Å². The van der Waals surface area contributed by atoms with Crippen LogP contribution in [0.3, 0.4) is 0 Å². The first-order valence-electron chi connectivity index (χ1n) is 4.95. The lowest BCUT2D eigenvalue weighted by Gasteiger charge is -2.35. The van der Waals surface area contributed by atoms with E-state index in [1.54, 1.807) is 0 Å². The molecule has 1 aliphatic carbocycles. The Morgan fingerprint density at radius 2 is 2.46 bits per heavy atom. The van der Waals surface area contributed by atoms with Crippen LogP contribution < -0.4 is 5.73 Å². The van der Waals surface area contributed by atoms with E-state index in [0.717, 1.165) is 13.1 Å². The molecule has 1 aromatic rings. The SMILES string of the molecule is CCn1nncc1C1CCC1CN. The van der Waals surface area contributed by atoms with Crippen molar-refractivity contribution in [2.45, 2.75) is 32.2 Å². The van der Waals surface area contributed by atoms with Crippen LogP contribution in [-0.2, 0) is 6.54 Å². The van der Waals surface area contributed by atoms with E-state index in [1.807, 2.05) is 10.9 Å². The van der Waals surface area contributed by atoms with Crippen molar-refractivity contribution in [2.75, 3.05) is 6.54 Å².